The van der Waals surface area contributed by atoms with Crippen molar-refractivity contribution in [2.75, 3.05) is 38.0 Å². The lowest BCUT2D eigenvalue weighted by molar-refractivity contribution is -0.143. The van der Waals surface area contributed by atoms with Crippen LogP contribution in [0.1, 0.15) is 36.5 Å². The topological polar surface area (TPSA) is 102 Å². The molecule has 16 heteroatoms. The average molecular weight is 714 g/mol. The molecule has 2 N–H and O–H groups in total. The van der Waals surface area contributed by atoms with E-state index in [-0.39, 0.29) is 36.2 Å². The molecule has 2 aromatic carbocycles. The molecule has 0 aliphatic carbocycles. The molecule has 5 rings (SSSR count). The lowest BCUT2D eigenvalue weighted by atomic mass is 10.0. The molecule has 4 aromatic rings. The van der Waals surface area contributed by atoms with Gasteiger partial charge in [-0.15, -0.1) is 9.24 Å². The van der Waals surface area contributed by atoms with Crippen LogP contribution >= 0.6 is 9.24 Å². The van der Waals surface area contributed by atoms with Gasteiger partial charge in [-0.1, -0.05) is 13.6 Å². The first kappa shape index (κ1) is 40.9. The largest absolute Gasteiger partial charge is 0.497 e. The molecule has 0 bridgehead atoms. The fourth-order valence-corrected chi connectivity index (χ4v) is 5.22. The normalized spacial score (nSPS) is 15.9. The Kier molecular flexibility index (Phi) is 15.5. The van der Waals surface area contributed by atoms with Crippen molar-refractivity contribution >= 4 is 27.7 Å². The predicted octanol–water partition coefficient (Wildman–Crippen LogP) is 6.99. The second-order valence-corrected chi connectivity index (χ2v) is 10.9. The minimum atomic E-state index is -4.91. The van der Waals surface area contributed by atoms with Crippen LogP contribution in [0.2, 0.25) is 0 Å². The van der Waals surface area contributed by atoms with Crippen LogP contribution in [-0.2, 0) is 30.7 Å². The molecule has 0 amide bonds. The summed E-state index contributed by atoms with van der Waals surface area (Å²) in [5.74, 6) is 1.08. The van der Waals surface area contributed by atoms with Crippen LogP contribution in [0.3, 0.4) is 0 Å². The van der Waals surface area contributed by atoms with E-state index in [1.807, 2.05) is 39.6 Å². The zero-order chi connectivity index (χ0) is 36.9. The number of hydrogen-bond donors (Lipinski definition) is 1. The summed E-state index contributed by atoms with van der Waals surface area (Å²) in [6, 6.07) is 8.99. The Morgan fingerprint density at radius 1 is 0.939 bits per heavy atom. The van der Waals surface area contributed by atoms with Crippen molar-refractivity contribution < 1.29 is 35.9 Å². The predicted molar refractivity (Wildman–Crippen MR) is 182 cm³/mol. The number of likely N-dealkylation sites (N-methyl/N-ethyl adjacent to an activating group) is 1. The number of nitrogens with two attached hydrogens (primary N) is 1. The molecule has 1 unspecified atom stereocenters. The van der Waals surface area contributed by atoms with E-state index in [9.17, 15) is 26.3 Å². The van der Waals surface area contributed by atoms with Gasteiger partial charge in [0.05, 0.1) is 24.4 Å². The highest BCUT2D eigenvalue weighted by molar-refractivity contribution is 7.15. The minimum absolute atomic E-state index is 0.111. The number of ether oxygens (including phenoxy) is 1. The van der Waals surface area contributed by atoms with E-state index >= 15 is 0 Å². The molecule has 268 valence electrons. The first-order chi connectivity index (χ1) is 23.2. The molecule has 1 aliphatic heterocycles. The molecule has 1 aliphatic rings. The SMILES string of the molecule is C=O.CC[C@@H]1C[C@H](N(Cc2cc(C(F)(F)F)cc(C(F)(F)F)c2)c2ncc(-c3cnn(C)c3)cn2)CN1C.COc1ccc(N)cc1.CP. The van der Waals surface area contributed by atoms with Gasteiger partial charge in [0.1, 0.15) is 12.5 Å². The lowest BCUT2D eigenvalue weighted by Crippen LogP contribution is -2.38. The van der Waals surface area contributed by atoms with Crippen LogP contribution < -0.4 is 15.4 Å². The molecule has 9 nitrogen and oxygen atoms in total. The average Bonchev–Trinajstić information content (AvgIpc) is 3.70. The summed E-state index contributed by atoms with van der Waals surface area (Å²) >= 11 is 0. The summed E-state index contributed by atoms with van der Waals surface area (Å²) in [7, 11) is 7.77. The van der Waals surface area contributed by atoms with Gasteiger partial charge in [-0.3, -0.25) is 4.68 Å². The second-order valence-electron chi connectivity index (χ2n) is 10.9. The Labute approximate surface area is 284 Å². The Morgan fingerprint density at radius 3 is 1.92 bits per heavy atom. The van der Waals surface area contributed by atoms with Gasteiger partial charge in [0.25, 0.3) is 0 Å². The Balaban J connectivity index is 0.000000545. The monoisotopic (exact) mass is 713 g/mol. The number of aromatic nitrogens is 4. The summed E-state index contributed by atoms with van der Waals surface area (Å²) in [6.07, 6.45) is -1.68. The van der Waals surface area contributed by atoms with Crippen LogP contribution in [0.25, 0.3) is 11.1 Å². The number of hydrogen-bond acceptors (Lipinski definition) is 8. The molecule has 3 atom stereocenters. The van der Waals surface area contributed by atoms with E-state index in [4.69, 9.17) is 15.3 Å². The van der Waals surface area contributed by atoms with Crippen molar-refractivity contribution in [2.45, 2.75) is 50.7 Å². The van der Waals surface area contributed by atoms with Crippen LogP contribution in [-0.4, -0.2) is 70.9 Å². The number of methoxy groups -OCH3 is 1. The summed E-state index contributed by atoms with van der Waals surface area (Å²) in [4.78, 5) is 20.7. The molecule has 49 heavy (non-hydrogen) atoms. The third-order valence-electron chi connectivity index (χ3n) is 7.63. The number of nitrogens with zero attached hydrogens (tertiary/aromatic N) is 6. The maximum atomic E-state index is 13.4. The number of alkyl halides is 6. The number of anilines is 2. The number of likely N-dealkylation sites (tertiary alicyclic amines) is 1. The van der Waals surface area contributed by atoms with E-state index in [1.165, 1.54) is 0 Å². The van der Waals surface area contributed by atoms with Gasteiger partial charge >= 0.3 is 12.4 Å². The van der Waals surface area contributed by atoms with E-state index in [0.29, 0.717) is 18.5 Å². The number of rotatable bonds is 7. The van der Waals surface area contributed by atoms with E-state index < -0.39 is 23.5 Å². The highest BCUT2D eigenvalue weighted by Gasteiger charge is 2.38. The van der Waals surface area contributed by atoms with Gasteiger partial charge in [0, 0.05) is 67.6 Å². The van der Waals surface area contributed by atoms with Crippen molar-refractivity contribution in [3.63, 3.8) is 0 Å². The first-order valence-corrected chi connectivity index (χ1v) is 16.2. The third kappa shape index (κ3) is 11.7. The van der Waals surface area contributed by atoms with Gasteiger partial charge in [-0.05, 0) is 67.9 Å². The van der Waals surface area contributed by atoms with Gasteiger partial charge in [0.15, 0.2) is 0 Å². The molecule has 0 saturated carbocycles. The summed E-state index contributed by atoms with van der Waals surface area (Å²) in [5.41, 5.74) is 4.88. The number of carbonyl (C=O) groups is 1. The molecule has 1 fully saturated rings. The molecular weight excluding hydrogens is 671 g/mol. The van der Waals surface area contributed by atoms with Crippen molar-refractivity contribution in [3.05, 3.63) is 83.9 Å². The Bertz CT molecular complexity index is 1540. The quantitative estimate of drug-likeness (QED) is 0.124. The highest BCUT2D eigenvalue weighted by atomic mass is 31.0. The fraction of sp³-hybridized carbons (Fsp3) is 0.394. The van der Waals surface area contributed by atoms with Gasteiger partial charge < -0.3 is 25.1 Å². The van der Waals surface area contributed by atoms with Crippen LogP contribution in [0.15, 0.2) is 67.3 Å². The maximum Gasteiger partial charge on any atom is 0.416 e. The third-order valence-corrected chi connectivity index (χ3v) is 7.63. The van der Waals surface area contributed by atoms with Crippen molar-refractivity contribution in [3.8, 4) is 16.9 Å². The zero-order valence-corrected chi connectivity index (χ0v) is 29.1. The van der Waals surface area contributed by atoms with Crippen molar-refractivity contribution in [1.29, 1.82) is 0 Å². The lowest BCUT2D eigenvalue weighted by Gasteiger charge is -2.29. The van der Waals surface area contributed by atoms with Crippen LogP contribution in [0.4, 0.5) is 38.0 Å². The molecule has 0 radical (unpaired) electrons. The van der Waals surface area contributed by atoms with E-state index in [1.54, 1.807) is 60.7 Å². The standard InChI is InChI=1S/C24H26F6N6.C7H9NO.CH2O.CH5P/c1-4-20-8-21(14-34(20)2)36(22-31-9-16(10-32-22)17-11-33-35(3)13-17)12-15-5-18(23(25,26)27)7-19(6-15)24(28,29)30;1-9-7-4-2-6(8)3-5-7;2*1-2/h5-7,9-11,13,20-21H,4,8,12,14H2,1-3H3;2-5H,8H2,1H3;1H2;2H2,1H3/t20-,21+;;;/m1.../s1. The molecule has 2 aromatic heterocycles. The maximum absolute atomic E-state index is 13.4. The van der Waals surface area contributed by atoms with Gasteiger partial charge in [0.2, 0.25) is 5.95 Å². The second kappa shape index (κ2) is 18.5. The van der Waals surface area contributed by atoms with E-state index in [2.05, 4.69) is 29.2 Å². The zero-order valence-electron chi connectivity index (χ0n) is 28.0. The minimum Gasteiger partial charge on any atom is -0.497 e. The molecule has 1 saturated heterocycles. The number of aryl methyl sites for hydroxylation is 1. The number of carbonyl (C=O) groups excluding carboxylic acids is 1. The molecule has 0 spiro atoms. The molecule has 3 heterocycles. The summed E-state index contributed by atoms with van der Waals surface area (Å²) < 4.78 is 87.1. The van der Waals surface area contributed by atoms with Gasteiger partial charge in [-0.25, -0.2) is 9.97 Å². The van der Waals surface area contributed by atoms with Crippen molar-refractivity contribution in [2.24, 2.45) is 7.05 Å². The van der Waals surface area contributed by atoms with Gasteiger partial charge in [-0.2, -0.15) is 31.4 Å². The summed E-state index contributed by atoms with van der Waals surface area (Å²) in [6.45, 7) is 6.33. The fourth-order valence-electron chi connectivity index (χ4n) is 5.22. The van der Waals surface area contributed by atoms with Crippen LogP contribution in [0.5, 0.6) is 5.75 Å². The number of nitrogen functional groups attached to an aromatic ring is 1. The molecular formula is C33H42F6N7O2P. The Morgan fingerprint density at radius 2 is 1.49 bits per heavy atom. The van der Waals surface area contributed by atoms with Crippen molar-refractivity contribution in [1.82, 2.24) is 24.6 Å². The number of halogens is 6. The Hall–Kier alpha value is -4.23. The first-order valence-electron chi connectivity index (χ1n) is 15.0. The highest BCUT2D eigenvalue weighted by Crippen LogP contribution is 2.37. The number of benzene rings is 2. The smallest absolute Gasteiger partial charge is 0.416 e. The summed E-state index contributed by atoms with van der Waals surface area (Å²) in [5, 5.41) is 4.11. The van der Waals surface area contributed by atoms with Crippen LogP contribution in [0, 0.1) is 0 Å². The van der Waals surface area contributed by atoms with E-state index in [0.717, 1.165) is 35.6 Å².